The van der Waals surface area contributed by atoms with Crippen LogP contribution in [-0.4, -0.2) is 26.2 Å². The van der Waals surface area contributed by atoms with E-state index in [1.807, 2.05) is 18.2 Å². The second kappa shape index (κ2) is 6.42. The number of methoxy groups -OCH3 is 2. The number of esters is 2. The van der Waals surface area contributed by atoms with Crippen LogP contribution in [0.5, 0.6) is 0 Å². The number of hydrogen-bond acceptors (Lipinski definition) is 4. The summed E-state index contributed by atoms with van der Waals surface area (Å²) in [6.45, 7) is 0. The molecule has 0 aliphatic heterocycles. The summed E-state index contributed by atoms with van der Waals surface area (Å²) in [7, 11) is 2.69. The summed E-state index contributed by atoms with van der Waals surface area (Å²) >= 11 is 0. The van der Waals surface area contributed by atoms with Gasteiger partial charge in [-0.3, -0.25) is 9.59 Å². The average molecular weight is 352 g/mol. The number of hydrogen-bond donors (Lipinski definition) is 0. The molecule has 1 aromatic rings. The second-order valence-electron chi connectivity index (χ2n) is 7.54. The number of carbonyl (C=O) groups is 2. The van der Waals surface area contributed by atoms with Gasteiger partial charge in [0.15, 0.2) is 5.41 Å². The minimum Gasteiger partial charge on any atom is -0.468 e. The third kappa shape index (κ3) is 2.43. The van der Waals surface area contributed by atoms with Crippen LogP contribution in [0.3, 0.4) is 0 Å². The van der Waals surface area contributed by atoms with Crippen LogP contribution < -0.4 is 0 Å². The number of fused-ring (bicyclic) bond motifs is 2. The molecule has 0 aromatic heterocycles. The molecule has 3 aliphatic rings. The summed E-state index contributed by atoms with van der Waals surface area (Å²) in [5, 5.41) is 0. The van der Waals surface area contributed by atoms with Gasteiger partial charge in [-0.05, 0) is 60.3 Å². The Balaban J connectivity index is 1.89. The van der Waals surface area contributed by atoms with E-state index in [9.17, 15) is 9.59 Å². The second-order valence-corrected chi connectivity index (χ2v) is 7.54. The van der Waals surface area contributed by atoms with Crippen molar-refractivity contribution in [2.45, 2.75) is 38.5 Å². The van der Waals surface area contributed by atoms with Gasteiger partial charge in [0.2, 0.25) is 0 Å². The van der Waals surface area contributed by atoms with Crippen LogP contribution >= 0.6 is 0 Å². The molecular formula is C22H24O4. The number of allylic oxidation sites excluding steroid dienone is 4. The largest absolute Gasteiger partial charge is 0.468 e. The Morgan fingerprint density at radius 3 is 2.27 bits per heavy atom. The highest BCUT2D eigenvalue weighted by atomic mass is 16.5. The van der Waals surface area contributed by atoms with Crippen molar-refractivity contribution in [2.24, 2.45) is 11.3 Å². The van der Waals surface area contributed by atoms with E-state index < -0.39 is 17.4 Å². The summed E-state index contributed by atoms with van der Waals surface area (Å²) in [5.74, 6) is -0.433. The Hall–Kier alpha value is -2.36. The standard InChI is InChI=1S/C22H24O4/c1-25-20(23)22(21(24)26-2)12-18-16-10-6-9-15(16)11-17(19(18)13-22)14-7-4-3-5-8-14/h3-5,7-8,15H,6,9-13H2,1-2H3. The van der Waals surface area contributed by atoms with Gasteiger partial charge >= 0.3 is 11.9 Å². The summed E-state index contributed by atoms with van der Waals surface area (Å²) in [4.78, 5) is 25.3. The fourth-order valence-corrected chi connectivity index (χ4v) is 5.08. The van der Waals surface area contributed by atoms with Crippen molar-refractivity contribution in [2.75, 3.05) is 14.2 Å². The first-order valence-electron chi connectivity index (χ1n) is 9.27. The predicted octanol–water partition coefficient (Wildman–Crippen LogP) is 4.07. The molecule has 4 heteroatoms. The van der Waals surface area contributed by atoms with E-state index in [2.05, 4.69) is 12.1 Å². The molecule has 0 heterocycles. The molecule has 0 N–H and O–H groups in total. The van der Waals surface area contributed by atoms with Crippen molar-refractivity contribution in [3.8, 4) is 0 Å². The lowest BCUT2D eigenvalue weighted by molar-refractivity contribution is -0.168. The average Bonchev–Trinajstić information content (AvgIpc) is 3.31. The SMILES string of the molecule is COC(=O)C1(C(=O)OC)CC2=C(c3ccccc3)CC3CCCC3=C2C1. The lowest BCUT2D eigenvalue weighted by atomic mass is 9.79. The third-order valence-electron chi connectivity index (χ3n) is 6.29. The minimum absolute atomic E-state index is 0.377. The summed E-state index contributed by atoms with van der Waals surface area (Å²) < 4.78 is 10.1. The molecule has 0 saturated heterocycles. The van der Waals surface area contributed by atoms with Crippen LogP contribution in [0.25, 0.3) is 5.57 Å². The van der Waals surface area contributed by atoms with Gasteiger partial charge in [-0.1, -0.05) is 35.9 Å². The van der Waals surface area contributed by atoms with Gasteiger partial charge in [0.25, 0.3) is 0 Å². The maximum atomic E-state index is 12.6. The number of rotatable bonds is 3. The maximum absolute atomic E-state index is 12.6. The van der Waals surface area contributed by atoms with Crippen molar-refractivity contribution in [3.63, 3.8) is 0 Å². The van der Waals surface area contributed by atoms with Crippen LogP contribution in [-0.2, 0) is 19.1 Å². The highest BCUT2D eigenvalue weighted by Crippen LogP contribution is 2.57. The molecule has 0 spiro atoms. The smallest absolute Gasteiger partial charge is 0.323 e. The lowest BCUT2D eigenvalue weighted by Gasteiger charge is -2.26. The van der Waals surface area contributed by atoms with E-state index in [1.165, 1.54) is 54.9 Å². The molecule has 2 saturated carbocycles. The fraction of sp³-hybridized carbons (Fsp3) is 0.455. The Labute approximate surface area is 153 Å². The Bertz CT molecular complexity index is 800. The number of carbonyl (C=O) groups excluding carboxylic acids is 2. The van der Waals surface area contributed by atoms with Gasteiger partial charge in [-0.25, -0.2) is 0 Å². The topological polar surface area (TPSA) is 52.6 Å². The predicted molar refractivity (Wildman–Crippen MR) is 98.0 cm³/mol. The van der Waals surface area contributed by atoms with Gasteiger partial charge in [0.1, 0.15) is 0 Å². The minimum atomic E-state index is -1.24. The highest BCUT2D eigenvalue weighted by molar-refractivity contribution is 6.03. The molecule has 136 valence electrons. The monoisotopic (exact) mass is 352 g/mol. The third-order valence-corrected chi connectivity index (χ3v) is 6.29. The van der Waals surface area contributed by atoms with Gasteiger partial charge in [0.05, 0.1) is 14.2 Å². The van der Waals surface area contributed by atoms with Crippen molar-refractivity contribution in [1.29, 1.82) is 0 Å². The van der Waals surface area contributed by atoms with E-state index in [1.54, 1.807) is 0 Å². The molecule has 1 atom stereocenters. The Morgan fingerprint density at radius 1 is 0.962 bits per heavy atom. The van der Waals surface area contributed by atoms with Crippen LogP contribution in [0.4, 0.5) is 0 Å². The van der Waals surface area contributed by atoms with Crippen molar-refractivity contribution in [1.82, 2.24) is 0 Å². The molecule has 0 amide bonds. The zero-order valence-corrected chi connectivity index (χ0v) is 15.3. The van der Waals surface area contributed by atoms with Gasteiger partial charge in [-0.2, -0.15) is 0 Å². The zero-order valence-electron chi connectivity index (χ0n) is 15.3. The van der Waals surface area contributed by atoms with Crippen LogP contribution in [0.1, 0.15) is 44.1 Å². The van der Waals surface area contributed by atoms with E-state index in [-0.39, 0.29) is 0 Å². The molecule has 4 rings (SSSR count). The zero-order chi connectivity index (χ0) is 18.3. The summed E-state index contributed by atoms with van der Waals surface area (Å²) in [5.41, 5.74) is 5.07. The van der Waals surface area contributed by atoms with Gasteiger partial charge < -0.3 is 9.47 Å². The van der Waals surface area contributed by atoms with Crippen molar-refractivity contribution >= 4 is 17.5 Å². The first-order chi connectivity index (χ1) is 12.6. The van der Waals surface area contributed by atoms with Crippen LogP contribution in [0, 0.1) is 11.3 Å². The molecule has 26 heavy (non-hydrogen) atoms. The Morgan fingerprint density at radius 2 is 1.62 bits per heavy atom. The van der Waals surface area contributed by atoms with Crippen molar-refractivity contribution < 1.29 is 19.1 Å². The summed E-state index contributed by atoms with van der Waals surface area (Å²) in [6.07, 6.45) is 5.22. The molecule has 4 nitrogen and oxygen atoms in total. The first-order valence-corrected chi connectivity index (χ1v) is 9.27. The van der Waals surface area contributed by atoms with E-state index in [0.717, 1.165) is 12.8 Å². The fourth-order valence-electron chi connectivity index (χ4n) is 5.08. The summed E-state index contributed by atoms with van der Waals surface area (Å²) in [6, 6.07) is 10.3. The molecule has 0 radical (unpaired) electrons. The lowest BCUT2D eigenvalue weighted by Crippen LogP contribution is -2.38. The van der Waals surface area contributed by atoms with E-state index in [0.29, 0.717) is 18.8 Å². The van der Waals surface area contributed by atoms with E-state index in [4.69, 9.17) is 9.47 Å². The highest BCUT2D eigenvalue weighted by Gasteiger charge is 2.56. The van der Waals surface area contributed by atoms with Crippen molar-refractivity contribution in [3.05, 3.63) is 52.6 Å². The first kappa shape index (κ1) is 17.1. The number of benzene rings is 1. The number of ether oxygens (including phenoxy) is 2. The molecule has 2 fully saturated rings. The molecule has 0 bridgehead atoms. The van der Waals surface area contributed by atoms with Crippen LogP contribution in [0.15, 0.2) is 47.1 Å². The molecule has 1 unspecified atom stereocenters. The van der Waals surface area contributed by atoms with Gasteiger partial charge in [0, 0.05) is 6.42 Å². The molecular weight excluding hydrogens is 328 g/mol. The normalized spacial score (nSPS) is 23.5. The Kier molecular flexibility index (Phi) is 4.22. The quantitative estimate of drug-likeness (QED) is 0.608. The van der Waals surface area contributed by atoms with Crippen LogP contribution in [0.2, 0.25) is 0 Å². The van der Waals surface area contributed by atoms with Gasteiger partial charge in [-0.15, -0.1) is 0 Å². The molecule has 3 aliphatic carbocycles. The maximum Gasteiger partial charge on any atom is 0.323 e. The van der Waals surface area contributed by atoms with E-state index >= 15 is 0 Å². The molecule has 1 aromatic carbocycles.